The number of urea groups is 1. The molecule has 176 valence electrons. The molecule has 3 rings (SSSR count). The summed E-state index contributed by atoms with van der Waals surface area (Å²) in [6, 6.07) is 9.84. The van der Waals surface area contributed by atoms with Crippen molar-refractivity contribution in [2.75, 3.05) is 64.8 Å². The quantitative estimate of drug-likeness (QED) is 0.642. The number of anilines is 2. The summed E-state index contributed by atoms with van der Waals surface area (Å²) >= 11 is 0. The van der Waals surface area contributed by atoms with Gasteiger partial charge in [0.05, 0.1) is 32.6 Å². The Kier molecular flexibility index (Phi) is 7.60. The molecule has 0 aromatic heterocycles. The molecule has 0 atom stereocenters. The van der Waals surface area contributed by atoms with E-state index in [2.05, 4.69) is 15.5 Å². The number of methoxy groups -OCH3 is 3. The predicted octanol–water partition coefficient (Wildman–Crippen LogP) is 2.20. The molecule has 0 aliphatic carbocycles. The lowest BCUT2D eigenvalue weighted by atomic mass is 10.1. The standard InChI is InChI=1S/C23H28N4O6/c1-24-23(30)25-18-7-6-16(14-17(18)22(29)33-4)26-9-11-27(12-10-26)21(28)15-5-8-19(31-2)20(13-15)32-3/h5-8,13-14H,9-12H2,1-4H3,(H2,24,25,30). The van der Waals surface area contributed by atoms with Crippen LogP contribution < -0.4 is 25.0 Å². The zero-order chi connectivity index (χ0) is 24.0. The molecule has 1 saturated heterocycles. The van der Waals surface area contributed by atoms with Gasteiger partial charge in [0.2, 0.25) is 0 Å². The van der Waals surface area contributed by atoms with E-state index in [1.807, 2.05) is 6.07 Å². The average molecular weight is 456 g/mol. The second-order valence-corrected chi connectivity index (χ2v) is 7.27. The van der Waals surface area contributed by atoms with Crippen molar-refractivity contribution in [3.63, 3.8) is 0 Å². The van der Waals surface area contributed by atoms with E-state index in [0.29, 0.717) is 48.9 Å². The monoisotopic (exact) mass is 456 g/mol. The van der Waals surface area contributed by atoms with Crippen LogP contribution in [0.2, 0.25) is 0 Å². The number of carbonyl (C=O) groups is 3. The predicted molar refractivity (Wildman–Crippen MR) is 124 cm³/mol. The van der Waals surface area contributed by atoms with Crippen LogP contribution in [0, 0.1) is 0 Å². The third-order valence-corrected chi connectivity index (χ3v) is 5.45. The molecular weight excluding hydrogens is 428 g/mol. The normalized spacial score (nSPS) is 13.2. The smallest absolute Gasteiger partial charge is 0.340 e. The molecule has 0 bridgehead atoms. The first-order valence-corrected chi connectivity index (χ1v) is 10.4. The first-order valence-electron chi connectivity index (χ1n) is 10.4. The SMILES string of the molecule is CNC(=O)Nc1ccc(N2CCN(C(=O)c3ccc(OC)c(OC)c3)CC2)cc1C(=O)OC. The molecule has 10 heteroatoms. The Labute approximate surface area is 192 Å². The summed E-state index contributed by atoms with van der Waals surface area (Å²) in [7, 11) is 5.86. The maximum absolute atomic E-state index is 13.0. The van der Waals surface area contributed by atoms with E-state index < -0.39 is 12.0 Å². The molecule has 1 aliphatic rings. The van der Waals surface area contributed by atoms with Crippen LogP contribution in [0.5, 0.6) is 11.5 Å². The Morgan fingerprint density at radius 1 is 0.879 bits per heavy atom. The van der Waals surface area contributed by atoms with Gasteiger partial charge in [0.1, 0.15) is 0 Å². The first-order chi connectivity index (χ1) is 15.9. The number of carbonyl (C=O) groups excluding carboxylic acids is 3. The Morgan fingerprint density at radius 3 is 2.18 bits per heavy atom. The summed E-state index contributed by atoms with van der Waals surface area (Å²) in [6.45, 7) is 2.20. The van der Waals surface area contributed by atoms with E-state index in [1.54, 1.807) is 42.3 Å². The molecule has 1 aliphatic heterocycles. The average Bonchev–Trinajstić information content (AvgIpc) is 2.87. The number of nitrogens with one attached hydrogen (secondary N) is 2. The summed E-state index contributed by atoms with van der Waals surface area (Å²) < 4.78 is 15.4. The van der Waals surface area contributed by atoms with E-state index in [-0.39, 0.29) is 11.5 Å². The van der Waals surface area contributed by atoms with Gasteiger partial charge in [-0.25, -0.2) is 9.59 Å². The summed E-state index contributed by atoms with van der Waals surface area (Å²) in [4.78, 5) is 40.8. The Balaban J connectivity index is 1.72. The minimum absolute atomic E-state index is 0.0871. The van der Waals surface area contributed by atoms with Crippen molar-refractivity contribution < 1.29 is 28.6 Å². The fourth-order valence-electron chi connectivity index (χ4n) is 3.62. The number of ether oxygens (including phenoxy) is 3. The maximum Gasteiger partial charge on any atom is 0.340 e. The van der Waals surface area contributed by atoms with Crippen LogP contribution in [0.4, 0.5) is 16.2 Å². The Bertz CT molecular complexity index is 1030. The number of amides is 3. The van der Waals surface area contributed by atoms with Gasteiger partial charge >= 0.3 is 12.0 Å². The number of esters is 1. The number of piperazine rings is 1. The minimum atomic E-state index is -0.550. The van der Waals surface area contributed by atoms with E-state index in [1.165, 1.54) is 21.3 Å². The molecule has 2 N–H and O–H groups in total. The molecular formula is C23H28N4O6. The molecule has 33 heavy (non-hydrogen) atoms. The highest BCUT2D eigenvalue weighted by Crippen LogP contribution is 2.29. The summed E-state index contributed by atoms with van der Waals surface area (Å²) in [5, 5.41) is 5.07. The molecule has 1 heterocycles. The number of benzene rings is 2. The van der Waals surface area contributed by atoms with Crippen LogP contribution in [0.25, 0.3) is 0 Å². The van der Waals surface area contributed by atoms with Gasteiger partial charge in [-0.05, 0) is 36.4 Å². The van der Waals surface area contributed by atoms with Crippen molar-refractivity contribution in [3.8, 4) is 11.5 Å². The van der Waals surface area contributed by atoms with Crippen molar-refractivity contribution in [1.82, 2.24) is 10.2 Å². The third kappa shape index (κ3) is 5.28. The summed E-state index contributed by atoms with van der Waals surface area (Å²) in [6.07, 6.45) is 0. The van der Waals surface area contributed by atoms with Crippen molar-refractivity contribution >= 4 is 29.3 Å². The van der Waals surface area contributed by atoms with Gasteiger partial charge in [0.25, 0.3) is 5.91 Å². The van der Waals surface area contributed by atoms with Crippen molar-refractivity contribution in [1.29, 1.82) is 0 Å². The summed E-state index contributed by atoms with van der Waals surface area (Å²) in [5.41, 5.74) is 1.93. The van der Waals surface area contributed by atoms with E-state index >= 15 is 0 Å². The topological polar surface area (TPSA) is 109 Å². The minimum Gasteiger partial charge on any atom is -0.493 e. The van der Waals surface area contributed by atoms with Gasteiger partial charge in [-0.15, -0.1) is 0 Å². The lowest BCUT2D eigenvalue weighted by Crippen LogP contribution is -2.48. The highest BCUT2D eigenvalue weighted by atomic mass is 16.5. The number of nitrogens with zero attached hydrogens (tertiary/aromatic N) is 2. The van der Waals surface area contributed by atoms with Crippen LogP contribution in [-0.4, -0.2) is 77.4 Å². The highest BCUT2D eigenvalue weighted by Gasteiger charge is 2.24. The second-order valence-electron chi connectivity index (χ2n) is 7.27. The van der Waals surface area contributed by atoms with Gasteiger partial charge in [0, 0.05) is 44.5 Å². The highest BCUT2D eigenvalue weighted by molar-refractivity contribution is 6.01. The van der Waals surface area contributed by atoms with E-state index in [9.17, 15) is 14.4 Å². The molecule has 2 aromatic carbocycles. The molecule has 0 unspecified atom stereocenters. The van der Waals surface area contributed by atoms with Crippen molar-refractivity contribution in [2.45, 2.75) is 0 Å². The van der Waals surface area contributed by atoms with Gasteiger partial charge in [-0.1, -0.05) is 0 Å². The number of hydrogen-bond donors (Lipinski definition) is 2. The van der Waals surface area contributed by atoms with Crippen LogP contribution in [-0.2, 0) is 4.74 Å². The van der Waals surface area contributed by atoms with Crippen molar-refractivity contribution in [3.05, 3.63) is 47.5 Å². The second kappa shape index (κ2) is 10.6. The van der Waals surface area contributed by atoms with Crippen LogP contribution in [0.3, 0.4) is 0 Å². The van der Waals surface area contributed by atoms with Gasteiger partial charge in [-0.2, -0.15) is 0 Å². The largest absolute Gasteiger partial charge is 0.493 e. The Morgan fingerprint density at radius 2 is 1.58 bits per heavy atom. The Hall–Kier alpha value is -3.95. The van der Waals surface area contributed by atoms with Crippen LogP contribution >= 0.6 is 0 Å². The van der Waals surface area contributed by atoms with Gasteiger partial charge < -0.3 is 34.6 Å². The van der Waals surface area contributed by atoms with Crippen molar-refractivity contribution in [2.24, 2.45) is 0 Å². The van der Waals surface area contributed by atoms with E-state index in [4.69, 9.17) is 14.2 Å². The molecule has 3 amide bonds. The fraction of sp³-hybridized carbons (Fsp3) is 0.348. The van der Waals surface area contributed by atoms with Gasteiger partial charge in [0.15, 0.2) is 11.5 Å². The van der Waals surface area contributed by atoms with Crippen LogP contribution in [0.15, 0.2) is 36.4 Å². The number of rotatable bonds is 6. The zero-order valence-electron chi connectivity index (χ0n) is 19.1. The van der Waals surface area contributed by atoms with E-state index in [0.717, 1.165) is 5.69 Å². The maximum atomic E-state index is 13.0. The molecule has 0 saturated carbocycles. The summed E-state index contributed by atoms with van der Waals surface area (Å²) in [5.74, 6) is 0.430. The molecule has 0 radical (unpaired) electrons. The number of hydrogen-bond acceptors (Lipinski definition) is 7. The lowest BCUT2D eigenvalue weighted by molar-refractivity contribution is 0.0601. The first kappa shape index (κ1) is 23.7. The molecule has 2 aromatic rings. The molecule has 10 nitrogen and oxygen atoms in total. The lowest BCUT2D eigenvalue weighted by Gasteiger charge is -2.36. The zero-order valence-corrected chi connectivity index (χ0v) is 19.1. The fourth-order valence-corrected chi connectivity index (χ4v) is 3.62. The van der Waals surface area contributed by atoms with Crippen LogP contribution in [0.1, 0.15) is 20.7 Å². The third-order valence-electron chi connectivity index (χ3n) is 5.45. The molecule has 0 spiro atoms. The van der Waals surface area contributed by atoms with Gasteiger partial charge in [-0.3, -0.25) is 4.79 Å². The molecule has 1 fully saturated rings.